The Labute approximate surface area is 182 Å². The van der Waals surface area contributed by atoms with Gasteiger partial charge in [-0.15, -0.1) is 0 Å². The largest absolute Gasteiger partial charge is 0.416 e. The van der Waals surface area contributed by atoms with Crippen LogP contribution in [0.2, 0.25) is 0 Å². The zero-order chi connectivity index (χ0) is 22.9. The fraction of sp³-hybridized carbons (Fsp3) is 0.318. The number of piperidine rings is 1. The van der Waals surface area contributed by atoms with Gasteiger partial charge in [0.15, 0.2) is 0 Å². The lowest BCUT2D eigenvalue weighted by Crippen LogP contribution is -2.42. The van der Waals surface area contributed by atoms with Crippen molar-refractivity contribution >= 4 is 11.7 Å². The smallest absolute Gasteiger partial charge is 0.324 e. The molecule has 1 aliphatic heterocycles. The molecule has 1 atom stereocenters. The molecule has 7 nitrogen and oxygen atoms in total. The van der Waals surface area contributed by atoms with Crippen LogP contribution in [0, 0.1) is 0 Å². The fourth-order valence-corrected chi connectivity index (χ4v) is 3.92. The summed E-state index contributed by atoms with van der Waals surface area (Å²) in [5, 5.41) is 6.96. The standard InChI is InChI=1S/C22H22F3N5O2/c1-28-21(32)30(18-10-3-2-4-11-18)19(27-28)15-7-6-12-29(14-15)20(31)26-17-9-5-8-16(13-17)22(23,24)25/h2-5,8-11,13,15H,6-7,12,14H2,1H3,(H,26,31). The van der Waals surface area contributed by atoms with Crippen LogP contribution in [0.1, 0.15) is 30.1 Å². The monoisotopic (exact) mass is 445 g/mol. The molecule has 168 valence electrons. The van der Waals surface area contributed by atoms with E-state index in [1.54, 1.807) is 16.5 Å². The number of amides is 2. The number of hydrogen-bond donors (Lipinski definition) is 1. The summed E-state index contributed by atoms with van der Waals surface area (Å²) in [5.41, 5.74) is -0.346. The summed E-state index contributed by atoms with van der Waals surface area (Å²) < 4.78 is 41.7. The number of aromatic nitrogens is 3. The third-order valence-corrected chi connectivity index (χ3v) is 5.48. The molecule has 2 heterocycles. The average Bonchev–Trinajstić information content (AvgIpc) is 3.08. The minimum atomic E-state index is -4.49. The van der Waals surface area contributed by atoms with E-state index >= 15 is 0 Å². The van der Waals surface area contributed by atoms with Crippen LogP contribution in [-0.4, -0.2) is 38.4 Å². The number of anilines is 1. The van der Waals surface area contributed by atoms with E-state index in [4.69, 9.17) is 0 Å². The molecular weight excluding hydrogens is 423 g/mol. The van der Waals surface area contributed by atoms with Crippen molar-refractivity contribution in [2.24, 2.45) is 7.05 Å². The van der Waals surface area contributed by atoms with E-state index in [2.05, 4.69) is 10.4 Å². The predicted molar refractivity (Wildman–Crippen MR) is 113 cm³/mol. The highest BCUT2D eigenvalue weighted by Crippen LogP contribution is 2.31. The number of likely N-dealkylation sites (tertiary alicyclic amines) is 1. The Kier molecular flexibility index (Phi) is 5.77. The molecule has 32 heavy (non-hydrogen) atoms. The lowest BCUT2D eigenvalue weighted by Gasteiger charge is -2.32. The van der Waals surface area contributed by atoms with Gasteiger partial charge in [-0.3, -0.25) is 0 Å². The Hall–Kier alpha value is -3.56. The van der Waals surface area contributed by atoms with Gasteiger partial charge in [-0.05, 0) is 43.2 Å². The molecule has 0 aliphatic carbocycles. The fourth-order valence-electron chi connectivity index (χ4n) is 3.92. The van der Waals surface area contributed by atoms with Crippen LogP contribution >= 0.6 is 0 Å². The first-order valence-electron chi connectivity index (χ1n) is 10.2. The number of carbonyl (C=O) groups is 1. The lowest BCUT2D eigenvalue weighted by molar-refractivity contribution is -0.137. The van der Waals surface area contributed by atoms with Gasteiger partial charge in [0.1, 0.15) is 5.82 Å². The van der Waals surface area contributed by atoms with Crippen LogP contribution in [0.15, 0.2) is 59.4 Å². The Balaban J connectivity index is 1.54. The van der Waals surface area contributed by atoms with E-state index in [9.17, 15) is 22.8 Å². The van der Waals surface area contributed by atoms with Gasteiger partial charge in [-0.25, -0.2) is 18.8 Å². The number of para-hydroxylation sites is 1. The van der Waals surface area contributed by atoms with E-state index in [0.717, 1.165) is 18.6 Å². The zero-order valence-electron chi connectivity index (χ0n) is 17.3. The summed E-state index contributed by atoms with van der Waals surface area (Å²) in [6.07, 6.45) is -3.08. The highest BCUT2D eigenvalue weighted by molar-refractivity contribution is 5.89. The van der Waals surface area contributed by atoms with Crippen molar-refractivity contribution in [1.29, 1.82) is 0 Å². The molecule has 0 spiro atoms. The first-order valence-corrected chi connectivity index (χ1v) is 10.2. The van der Waals surface area contributed by atoms with Crippen molar-refractivity contribution in [3.05, 3.63) is 76.5 Å². The number of alkyl halides is 3. The molecule has 4 rings (SSSR count). The van der Waals surface area contributed by atoms with Crippen LogP contribution in [-0.2, 0) is 13.2 Å². The lowest BCUT2D eigenvalue weighted by atomic mass is 9.97. The number of urea groups is 1. The number of nitrogens with zero attached hydrogens (tertiary/aromatic N) is 4. The van der Waals surface area contributed by atoms with E-state index < -0.39 is 17.8 Å². The van der Waals surface area contributed by atoms with Crippen LogP contribution in [0.5, 0.6) is 0 Å². The van der Waals surface area contributed by atoms with Gasteiger partial charge < -0.3 is 10.2 Å². The molecule has 1 N–H and O–H groups in total. The number of carbonyl (C=O) groups excluding carboxylic acids is 1. The van der Waals surface area contributed by atoms with Crippen molar-refractivity contribution in [3.8, 4) is 5.69 Å². The summed E-state index contributed by atoms with van der Waals surface area (Å²) in [6, 6.07) is 13.2. The third-order valence-electron chi connectivity index (χ3n) is 5.48. The summed E-state index contributed by atoms with van der Waals surface area (Å²) in [4.78, 5) is 27.0. The summed E-state index contributed by atoms with van der Waals surface area (Å²) in [7, 11) is 1.58. The first-order chi connectivity index (χ1) is 15.2. The Bertz CT molecular complexity index is 1170. The van der Waals surface area contributed by atoms with Crippen molar-refractivity contribution in [3.63, 3.8) is 0 Å². The van der Waals surface area contributed by atoms with Crippen LogP contribution in [0.3, 0.4) is 0 Å². The Morgan fingerprint density at radius 1 is 1.12 bits per heavy atom. The molecule has 3 aromatic rings. The average molecular weight is 445 g/mol. The van der Waals surface area contributed by atoms with E-state index in [1.165, 1.54) is 16.8 Å². The van der Waals surface area contributed by atoms with Crippen LogP contribution in [0.25, 0.3) is 5.69 Å². The normalized spacial score (nSPS) is 16.8. The number of aryl methyl sites for hydroxylation is 1. The number of hydrogen-bond acceptors (Lipinski definition) is 3. The summed E-state index contributed by atoms with van der Waals surface area (Å²) >= 11 is 0. The second-order valence-corrected chi connectivity index (χ2v) is 7.73. The van der Waals surface area contributed by atoms with Crippen molar-refractivity contribution in [1.82, 2.24) is 19.2 Å². The van der Waals surface area contributed by atoms with Crippen molar-refractivity contribution < 1.29 is 18.0 Å². The summed E-state index contributed by atoms with van der Waals surface area (Å²) in [5.74, 6) is 0.366. The molecule has 1 fully saturated rings. The molecule has 2 aromatic carbocycles. The zero-order valence-corrected chi connectivity index (χ0v) is 17.3. The predicted octanol–water partition coefficient (Wildman–Crippen LogP) is 4.00. The maximum atomic E-state index is 13.0. The molecule has 1 unspecified atom stereocenters. The molecule has 0 radical (unpaired) electrons. The molecule has 2 amide bonds. The van der Waals surface area contributed by atoms with Gasteiger partial charge in [-0.2, -0.15) is 18.3 Å². The maximum Gasteiger partial charge on any atom is 0.416 e. The quantitative estimate of drug-likeness (QED) is 0.663. The Morgan fingerprint density at radius 2 is 1.88 bits per heavy atom. The molecule has 1 aromatic heterocycles. The second-order valence-electron chi connectivity index (χ2n) is 7.73. The topological polar surface area (TPSA) is 72.2 Å². The number of benzene rings is 2. The SMILES string of the molecule is Cn1nc(C2CCCN(C(=O)Nc3cccc(C(F)(F)F)c3)C2)n(-c2ccccc2)c1=O. The van der Waals surface area contributed by atoms with Crippen LogP contribution < -0.4 is 11.0 Å². The number of rotatable bonds is 3. The molecule has 0 bridgehead atoms. The van der Waals surface area contributed by atoms with Crippen molar-refractivity contribution in [2.45, 2.75) is 24.9 Å². The minimum absolute atomic E-state index is 0.0750. The van der Waals surface area contributed by atoms with Crippen molar-refractivity contribution in [2.75, 3.05) is 18.4 Å². The first kappa shape index (κ1) is 21.7. The van der Waals surface area contributed by atoms with Gasteiger partial charge in [0, 0.05) is 31.7 Å². The van der Waals surface area contributed by atoms with E-state index in [1.807, 2.05) is 30.3 Å². The molecule has 1 aliphatic rings. The molecule has 0 saturated carbocycles. The minimum Gasteiger partial charge on any atom is -0.324 e. The molecule has 10 heteroatoms. The van der Waals surface area contributed by atoms with Gasteiger partial charge in [0.25, 0.3) is 0 Å². The maximum absolute atomic E-state index is 13.0. The second kappa shape index (κ2) is 8.52. The molecule has 1 saturated heterocycles. The molecular formula is C22H22F3N5O2. The number of nitrogens with one attached hydrogen (secondary N) is 1. The van der Waals surface area contributed by atoms with E-state index in [-0.39, 0.29) is 17.3 Å². The van der Waals surface area contributed by atoms with Gasteiger partial charge in [0.05, 0.1) is 11.3 Å². The van der Waals surface area contributed by atoms with Gasteiger partial charge in [0.2, 0.25) is 0 Å². The number of halogens is 3. The Morgan fingerprint density at radius 3 is 2.59 bits per heavy atom. The summed E-state index contributed by atoms with van der Waals surface area (Å²) in [6.45, 7) is 0.762. The highest BCUT2D eigenvalue weighted by atomic mass is 19.4. The highest BCUT2D eigenvalue weighted by Gasteiger charge is 2.32. The van der Waals surface area contributed by atoms with E-state index in [0.29, 0.717) is 31.0 Å². The van der Waals surface area contributed by atoms with Gasteiger partial charge in [-0.1, -0.05) is 24.3 Å². The van der Waals surface area contributed by atoms with Gasteiger partial charge >= 0.3 is 17.9 Å². The third kappa shape index (κ3) is 4.39. The van der Waals surface area contributed by atoms with Crippen LogP contribution in [0.4, 0.5) is 23.7 Å².